The van der Waals surface area contributed by atoms with Crippen molar-refractivity contribution in [3.8, 4) is 11.5 Å². The van der Waals surface area contributed by atoms with Crippen molar-refractivity contribution in [2.75, 3.05) is 19.8 Å². The Balaban J connectivity index is 2.31. The lowest BCUT2D eigenvalue weighted by molar-refractivity contribution is -0.145. The van der Waals surface area contributed by atoms with Crippen LogP contribution >= 0.6 is 23.4 Å². The van der Waals surface area contributed by atoms with Gasteiger partial charge < -0.3 is 14.2 Å². The molecule has 2 rings (SSSR count). The number of rotatable bonds is 8. The van der Waals surface area contributed by atoms with E-state index in [1.165, 1.54) is 4.90 Å². The maximum Gasteiger partial charge on any atom is 0.344 e. The van der Waals surface area contributed by atoms with Crippen LogP contribution in [0, 0.1) is 0 Å². The van der Waals surface area contributed by atoms with Gasteiger partial charge in [-0.3, -0.25) is 14.5 Å². The lowest BCUT2D eigenvalue weighted by Crippen LogP contribution is -2.34. The molecule has 1 aromatic rings. The molecule has 7 nitrogen and oxygen atoms in total. The molecular weight excluding hydrogens is 406 g/mol. The van der Waals surface area contributed by atoms with E-state index < -0.39 is 5.97 Å². The van der Waals surface area contributed by atoms with Gasteiger partial charge in [0.1, 0.15) is 0 Å². The molecule has 1 aliphatic heterocycles. The van der Waals surface area contributed by atoms with E-state index in [2.05, 4.69) is 0 Å². The Morgan fingerprint density at radius 3 is 2.50 bits per heavy atom. The fourth-order valence-electron chi connectivity index (χ4n) is 2.48. The van der Waals surface area contributed by atoms with E-state index in [4.69, 9.17) is 25.8 Å². The van der Waals surface area contributed by atoms with Crippen LogP contribution in [0.25, 0.3) is 6.08 Å². The van der Waals surface area contributed by atoms with Gasteiger partial charge in [0.15, 0.2) is 18.1 Å². The third-order valence-corrected chi connectivity index (χ3v) is 4.77. The van der Waals surface area contributed by atoms with Crippen LogP contribution in [0.4, 0.5) is 4.79 Å². The van der Waals surface area contributed by atoms with Crippen LogP contribution in [-0.4, -0.2) is 47.9 Å². The van der Waals surface area contributed by atoms with Gasteiger partial charge >= 0.3 is 5.97 Å². The summed E-state index contributed by atoms with van der Waals surface area (Å²) in [5.74, 6) is -0.327. The van der Waals surface area contributed by atoms with Crippen LogP contribution < -0.4 is 9.47 Å². The summed E-state index contributed by atoms with van der Waals surface area (Å²) >= 11 is 7.18. The van der Waals surface area contributed by atoms with E-state index in [0.29, 0.717) is 22.8 Å². The van der Waals surface area contributed by atoms with Gasteiger partial charge in [0.25, 0.3) is 11.1 Å². The van der Waals surface area contributed by atoms with Gasteiger partial charge in [0, 0.05) is 6.04 Å². The summed E-state index contributed by atoms with van der Waals surface area (Å²) in [6.45, 7) is 7.34. The van der Waals surface area contributed by atoms with Gasteiger partial charge in [0.2, 0.25) is 0 Å². The van der Waals surface area contributed by atoms with E-state index in [0.717, 1.165) is 11.8 Å². The van der Waals surface area contributed by atoms with Crippen LogP contribution in [0.2, 0.25) is 5.02 Å². The van der Waals surface area contributed by atoms with Crippen molar-refractivity contribution < 1.29 is 28.6 Å². The van der Waals surface area contributed by atoms with Crippen molar-refractivity contribution in [1.29, 1.82) is 0 Å². The van der Waals surface area contributed by atoms with E-state index >= 15 is 0 Å². The molecule has 0 aliphatic carbocycles. The molecule has 0 radical (unpaired) electrons. The van der Waals surface area contributed by atoms with Crippen molar-refractivity contribution >= 4 is 46.6 Å². The number of hydrogen-bond acceptors (Lipinski definition) is 7. The third kappa shape index (κ3) is 5.20. The molecule has 0 unspecified atom stereocenters. The van der Waals surface area contributed by atoms with Crippen molar-refractivity contribution in [2.45, 2.75) is 33.7 Å². The number of halogens is 1. The summed E-state index contributed by atoms with van der Waals surface area (Å²) in [5.41, 5.74) is 0.575. The molecule has 0 aromatic heterocycles. The monoisotopic (exact) mass is 427 g/mol. The number of hydrogen-bond donors (Lipinski definition) is 0. The molecule has 0 N–H and O–H groups in total. The van der Waals surface area contributed by atoms with E-state index in [1.807, 2.05) is 0 Å². The number of thioether (sulfide) groups is 1. The highest BCUT2D eigenvalue weighted by molar-refractivity contribution is 8.18. The largest absolute Gasteiger partial charge is 0.490 e. The molecule has 1 aliphatic rings. The van der Waals surface area contributed by atoms with Gasteiger partial charge in [-0.2, -0.15) is 0 Å². The number of carbonyl (C=O) groups excluding carboxylic acids is 3. The van der Waals surface area contributed by atoms with E-state index in [-0.39, 0.29) is 41.2 Å². The first-order valence-corrected chi connectivity index (χ1v) is 9.99. The first-order valence-electron chi connectivity index (χ1n) is 8.80. The molecule has 1 heterocycles. The number of ether oxygens (including phenoxy) is 3. The van der Waals surface area contributed by atoms with E-state index in [9.17, 15) is 14.4 Å². The van der Waals surface area contributed by atoms with Crippen molar-refractivity contribution in [3.05, 3.63) is 27.6 Å². The molecule has 28 heavy (non-hydrogen) atoms. The fourth-order valence-corrected chi connectivity index (χ4v) is 3.72. The normalized spacial score (nSPS) is 15.5. The van der Waals surface area contributed by atoms with Gasteiger partial charge in [-0.15, -0.1) is 0 Å². The maximum atomic E-state index is 12.4. The Morgan fingerprint density at radius 1 is 1.21 bits per heavy atom. The first kappa shape index (κ1) is 22.1. The average molecular weight is 428 g/mol. The quantitative estimate of drug-likeness (QED) is 0.455. The fraction of sp³-hybridized carbons (Fsp3) is 0.421. The average Bonchev–Trinajstić information content (AvgIpc) is 2.88. The number of benzene rings is 1. The summed E-state index contributed by atoms with van der Waals surface area (Å²) in [6, 6.07) is 2.99. The highest BCUT2D eigenvalue weighted by Gasteiger charge is 2.36. The lowest BCUT2D eigenvalue weighted by atomic mass is 10.1. The zero-order chi connectivity index (χ0) is 20.8. The topological polar surface area (TPSA) is 82.1 Å². The summed E-state index contributed by atoms with van der Waals surface area (Å²) in [4.78, 5) is 37.5. The number of esters is 1. The van der Waals surface area contributed by atoms with Crippen molar-refractivity contribution in [2.24, 2.45) is 0 Å². The van der Waals surface area contributed by atoms with Crippen LogP contribution in [0.15, 0.2) is 17.0 Å². The second-order valence-electron chi connectivity index (χ2n) is 6.00. The number of carbonyl (C=O) groups is 3. The third-order valence-electron chi connectivity index (χ3n) is 3.61. The van der Waals surface area contributed by atoms with Gasteiger partial charge in [0.05, 0.1) is 23.1 Å². The molecule has 0 saturated carbocycles. The Morgan fingerprint density at radius 2 is 1.93 bits per heavy atom. The van der Waals surface area contributed by atoms with Crippen molar-refractivity contribution in [3.63, 3.8) is 0 Å². The minimum atomic E-state index is -0.521. The molecule has 1 fully saturated rings. The second kappa shape index (κ2) is 9.84. The smallest absolute Gasteiger partial charge is 0.344 e. The minimum Gasteiger partial charge on any atom is -0.490 e. The molecule has 0 bridgehead atoms. The SMILES string of the molecule is CCOC(=O)COc1c(Cl)cc(C=C2SC(=O)N(C(C)C)C2=O)cc1OCC. The Labute approximate surface area is 172 Å². The number of nitrogens with zero attached hydrogens (tertiary/aromatic N) is 1. The summed E-state index contributed by atoms with van der Waals surface area (Å²) in [5, 5.41) is -0.0960. The first-order chi connectivity index (χ1) is 13.3. The van der Waals surface area contributed by atoms with E-state index in [1.54, 1.807) is 45.9 Å². The molecule has 1 saturated heterocycles. The summed E-state index contributed by atoms with van der Waals surface area (Å²) in [6.07, 6.45) is 1.58. The van der Waals surface area contributed by atoms with Gasteiger partial charge in [-0.25, -0.2) is 4.79 Å². The second-order valence-corrected chi connectivity index (χ2v) is 7.40. The molecule has 152 valence electrons. The minimum absolute atomic E-state index is 0.212. The zero-order valence-electron chi connectivity index (χ0n) is 16.1. The molecule has 0 atom stereocenters. The standard InChI is InChI=1S/C19H22ClNO6S/c1-5-25-14-8-12(7-13(20)17(14)27-10-16(22)26-6-2)9-15-18(23)21(11(3)4)19(24)28-15/h7-9,11H,5-6,10H2,1-4H3. The zero-order valence-corrected chi connectivity index (χ0v) is 17.7. The predicted octanol–water partition coefficient (Wildman–Crippen LogP) is 4.13. The van der Waals surface area contributed by atoms with Crippen LogP contribution in [0.1, 0.15) is 33.3 Å². The molecular formula is C19H22ClNO6S. The Bertz CT molecular complexity index is 808. The number of imide groups is 1. The van der Waals surface area contributed by atoms with Crippen LogP contribution in [0.3, 0.4) is 0 Å². The van der Waals surface area contributed by atoms with Crippen molar-refractivity contribution in [1.82, 2.24) is 4.90 Å². The molecule has 0 spiro atoms. The highest BCUT2D eigenvalue weighted by Crippen LogP contribution is 2.39. The van der Waals surface area contributed by atoms with Gasteiger partial charge in [-0.05, 0) is 63.2 Å². The maximum absolute atomic E-state index is 12.4. The molecule has 9 heteroatoms. The summed E-state index contributed by atoms with van der Waals surface area (Å²) in [7, 11) is 0. The van der Waals surface area contributed by atoms with Gasteiger partial charge in [-0.1, -0.05) is 11.6 Å². The number of amides is 2. The highest BCUT2D eigenvalue weighted by atomic mass is 35.5. The summed E-state index contributed by atoms with van der Waals surface area (Å²) < 4.78 is 15.9. The van der Waals surface area contributed by atoms with Crippen LogP contribution in [0.5, 0.6) is 11.5 Å². The predicted molar refractivity (Wildman–Crippen MR) is 108 cm³/mol. The molecule has 1 aromatic carbocycles. The van der Waals surface area contributed by atoms with Crippen LogP contribution in [-0.2, 0) is 14.3 Å². The Kier molecular flexibility index (Phi) is 7.77. The Hall–Kier alpha value is -2.19. The lowest BCUT2D eigenvalue weighted by Gasteiger charge is -2.16. The molecule has 2 amide bonds.